The van der Waals surface area contributed by atoms with E-state index in [0.29, 0.717) is 11.5 Å². The Morgan fingerprint density at radius 2 is 2.07 bits per heavy atom. The molecule has 1 unspecified atom stereocenters. The van der Waals surface area contributed by atoms with Crippen molar-refractivity contribution >= 4 is 28.3 Å². The van der Waals surface area contributed by atoms with Crippen LogP contribution >= 0.6 is 28.3 Å². The molecule has 1 aromatic carbocycles. The Balaban J connectivity index is 0.00000196. The first-order valence-corrected chi connectivity index (χ1v) is 5.56. The van der Waals surface area contributed by atoms with E-state index in [2.05, 4.69) is 22.9 Å². The summed E-state index contributed by atoms with van der Waals surface area (Å²) in [7, 11) is 0. The Morgan fingerprint density at radius 3 is 2.60 bits per heavy atom. The molecule has 0 radical (unpaired) electrons. The monoisotopic (exact) mass is 295 g/mol. The molecule has 0 saturated carbocycles. The molecule has 0 bridgehead atoms. The minimum atomic E-state index is -0.225. The fraction of sp³-hybridized carbons (Fsp3) is 0.455. The maximum Gasteiger partial charge on any atom is 0.128 e. The van der Waals surface area contributed by atoms with E-state index >= 15 is 0 Å². The SMILES string of the molecule is CCC(C)[C@H](N)c1cc(Br)ccc1F.Cl. The van der Waals surface area contributed by atoms with Gasteiger partial charge in [-0.25, -0.2) is 4.39 Å². The van der Waals surface area contributed by atoms with Gasteiger partial charge in [-0.15, -0.1) is 12.4 Å². The largest absolute Gasteiger partial charge is 0.324 e. The van der Waals surface area contributed by atoms with Gasteiger partial charge in [-0.1, -0.05) is 36.2 Å². The van der Waals surface area contributed by atoms with Crippen molar-refractivity contribution < 1.29 is 4.39 Å². The molecule has 86 valence electrons. The molecule has 15 heavy (non-hydrogen) atoms. The zero-order valence-corrected chi connectivity index (χ0v) is 11.2. The number of hydrogen-bond acceptors (Lipinski definition) is 1. The average molecular weight is 297 g/mol. The van der Waals surface area contributed by atoms with Gasteiger partial charge in [0.2, 0.25) is 0 Å². The van der Waals surface area contributed by atoms with E-state index in [4.69, 9.17) is 5.73 Å². The molecule has 0 aromatic heterocycles. The standard InChI is InChI=1S/C11H15BrFN.ClH/c1-3-7(2)11(14)9-6-8(12)4-5-10(9)13;/h4-7,11H,3,14H2,1-2H3;1H/t7?,11-;/m0./s1. The van der Waals surface area contributed by atoms with Crippen LogP contribution in [0.3, 0.4) is 0 Å². The van der Waals surface area contributed by atoms with Crippen molar-refractivity contribution in [2.75, 3.05) is 0 Å². The molecule has 0 aliphatic rings. The molecular formula is C11H16BrClFN. The zero-order chi connectivity index (χ0) is 10.7. The van der Waals surface area contributed by atoms with Crippen molar-refractivity contribution in [3.63, 3.8) is 0 Å². The van der Waals surface area contributed by atoms with Gasteiger partial charge in [0, 0.05) is 16.1 Å². The van der Waals surface area contributed by atoms with Crippen molar-refractivity contribution in [3.8, 4) is 0 Å². The summed E-state index contributed by atoms with van der Waals surface area (Å²) >= 11 is 3.31. The zero-order valence-electron chi connectivity index (χ0n) is 8.84. The van der Waals surface area contributed by atoms with Gasteiger partial charge in [-0.05, 0) is 24.1 Å². The lowest BCUT2D eigenvalue weighted by atomic mass is 9.93. The van der Waals surface area contributed by atoms with Crippen LogP contribution in [-0.2, 0) is 0 Å². The van der Waals surface area contributed by atoms with Crippen molar-refractivity contribution in [3.05, 3.63) is 34.1 Å². The van der Waals surface area contributed by atoms with Gasteiger partial charge in [0.05, 0.1) is 0 Å². The quantitative estimate of drug-likeness (QED) is 0.894. The fourth-order valence-corrected chi connectivity index (χ4v) is 1.71. The minimum absolute atomic E-state index is 0. The lowest BCUT2D eigenvalue weighted by Crippen LogP contribution is -2.19. The number of halogens is 3. The third kappa shape index (κ3) is 3.74. The second kappa shape index (κ2) is 6.46. The molecule has 2 N–H and O–H groups in total. The van der Waals surface area contributed by atoms with Crippen LogP contribution in [0.25, 0.3) is 0 Å². The summed E-state index contributed by atoms with van der Waals surface area (Å²) in [5.74, 6) is 0.0693. The molecule has 0 aliphatic heterocycles. The van der Waals surface area contributed by atoms with Crippen molar-refractivity contribution in [2.24, 2.45) is 11.7 Å². The highest BCUT2D eigenvalue weighted by Crippen LogP contribution is 2.26. The molecule has 1 nitrogen and oxygen atoms in total. The number of rotatable bonds is 3. The van der Waals surface area contributed by atoms with Gasteiger partial charge < -0.3 is 5.73 Å². The molecule has 4 heteroatoms. The Kier molecular flexibility index (Phi) is 6.41. The maximum absolute atomic E-state index is 13.4. The summed E-state index contributed by atoms with van der Waals surface area (Å²) in [4.78, 5) is 0. The highest BCUT2D eigenvalue weighted by Gasteiger charge is 2.16. The summed E-state index contributed by atoms with van der Waals surface area (Å²) < 4.78 is 14.3. The summed E-state index contributed by atoms with van der Waals surface area (Å²) in [6.45, 7) is 4.09. The van der Waals surface area contributed by atoms with Crippen molar-refractivity contribution in [1.82, 2.24) is 0 Å². The lowest BCUT2D eigenvalue weighted by molar-refractivity contribution is 0.439. The van der Waals surface area contributed by atoms with E-state index in [1.165, 1.54) is 6.07 Å². The molecule has 1 aromatic rings. The molecule has 1 rings (SSSR count). The van der Waals surface area contributed by atoms with Gasteiger partial charge in [0.15, 0.2) is 0 Å². The second-order valence-corrected chi connectivity index (χ2v) is 4.49. The van der Waals surface area contributed by atoms with Gasteiger partial charge in [-0.2, -0.15) is 0 Å². The maximum atomic E-state index is 13.4. The van der Waals surface area contributed by atoms with Crippen LogP contribution in [0.5, 0.6) is 0 Å². The first-order valence-electron chi connectivity index (χ1n) is 4.76. The molecule has 0 aliphatic carbocycles. The third-order valence-electron chi connectivity index (χ3n) is 2.57. The summed E-state index contributed by atoms with van der Waals surface area (Å²) in [6, 6.07) is 4.66. The Hall–Kier alpha value is -0.120. The normalized spacial score (nSPS) is 14.2. The summed E-state index contributed by atoms with van der Waals surface area (Å²) in [6.07, 6.45) is 0.952. The van der Waals surface area contributed by atoms with Crippen LogP contribution in [0.2, 0.25) is 0 Å². The molecule has 0 amide bonds. The molecule has 0 heterocycles. The van der Waals surface area contributed by atoms with E-state index in [9.17, 15) is 4.39 Å². The van der Waals surface area contributed by atoms with Crippen LogP contribution in [0.1, 0.15) is 31.9 Å². The van der Waals surface area contributed by atoms with E-state index in [1.807, 2.05) is 6.92 Å². The third-order valence-corrected chi connectivity index (χ3v) is 3.07. The van der Waals surface area contributed by atoms with Crippen molar-refractivity contribution in [1.29, 1.82) is 0 Å². The highest BCUT2D eigenvalue weighted by molar-refractivity contribution is 9.10. The van der Waals surface area contributed by atoms with E-state index in [0.717, 1.165) is 10.9 Å². The van der Waals surface area contributed by atoms with Crippen LogP contribution < -0.4 is 5.73 Å². The van der Waals surface area contributed by atoms with Gasteiger partial charge in [0.25, 0.3) is 0 Å². The molecule has 0 saturated heterocycles. The number of hydrogen-bond donors (Lipinski definition) is 1. The topological polar surface area (TPSA) is 26.0 Å². The smallest absolute Gasteiger partial charge is 0.128 e. The molecule has 0 spiro atoms. The summed E-state index contributed by atoms with van der Waals surface area (Å²) in [5.41, 5.74) is 6.55. The Bertz CT molecular complexity index is 319. The van der Waals surface area contributed by atoms with Crippen molar-refractivity contribution in [2.45, 2.75) is 26.3 Å². The first kappa shape index (κ1) is 14.9. The van der Waals surface area contributed by atoms with E-state index in [-0.39, 0.29) is 24.3 Å². The van der Waals surface area contributed by atoms with Crippen LogP contribution in [0, 0.1) is 11.7 Å². The fourth-order valence-electron chi connectivity index (χ4n) is 1.33. The molecular weight excluding hydrogens is 280 g/mol. The van der Waals surface area contributed by atoms with E-state index in [1.54, 1.807) is 12.1 Å². The predicted octanol–water partition coefficient (Wildman–Crippen LogP) is 4.06. The number of nitrogens with two attached hydrogens (primary N) is 1. The lowest BCUT2D eigenvalue weighted by Gasteiger charge is -2.19. The van der Waals surface area contributed by atoms with Crippen LogP contribution in [0.15, 0.2) is 22.7 Å². The first-order chi connectivity index (χ1) is 6.56. The minimum Gasteiger partial charge on any atom is -0.324 e. The van der Waals surface area contributed by atoms with Gasteiger partial charge in [0.1, 0.15) is 5.82 Å². The van der Waals surface area contributed by atoms with Crippen LogP contribution in [-0.4, -0.2) is 0 Å². The molecule has 2 atom stereocenters. The van der Waals surface area contributed by atoms with Crippen LogP contribution in [0.4, 0.5) is 4.39 Å². The highest BCUT2D eigenvalue weighted by atomic mass is 79.9. The average Bonchev–Trinajstić information content (AvgIpc) is 2.19. The summed E-state index contributed by atoms with van der Waals surface area (Å²) in [5, 5.41) is 0. The Labute approximate surface area is 105 Å². The number of benzene rings is 1. The predicted molar refractivity (Wildman–Crippen MR) is 67.7 cm³/mol. The Morgan fingerprint density at radius 1 is 1.47 bits per heavy atom. The van der Waals surface area contributed by atoms with Gasteiger partial charge in [-0.3, -0.25) is 0 Å². The molecule has 0 fully saturated rings. The van der Waals surface area contributed by atoms with E-state index < -0.39 is 0 Å². The van der Waals surface area contributed by atoms with Gasteiger partial charge >= 0.3 is 0 Å². The second-order valence-electron chi connectivity index (χ2n) is 3.58.